The molecule has 1 aromatic carbocycles. The monoisotopic (exact) mass is 310 g/mol. The second-order valence-electron chi connectivity index (χ2n) is 4.62. The molecule has 3 rings (SSSR count). The number of aryl methyl sites for hydroxylation is 1. The van der Waals surface area contributed by atoms with Gasteiger partial charge < -0.3 is 5.73 Å². The first kappa shape index (κ1) is 13.5. The largest absolute Gasteiger partial charge is 0.374 e. The predicted molar refractivity (Wildman–Crippen MR) is 76.7 cm³/mol. The number of hydrogen-bond acceptors (Lipinski definition) is 6. The Morgan fingerprint density at radius 2 is 1.95 bits per heavy atom. The second-order valence-corrected chi connectivity index (χ2v) is 7.74. The van der Waals surface area contributed by atoms with Gasteiger partial charge in [-0.05, 0) is 24.0 Å². The number of aromatic nitrogens is 2. The van der Waals surface area contributed by atoms with E-state index in [0.29, 0.717) is 13.1 Å². The van der Waals surface area contributed by atoms with Crippen LogP contribution in [0.15, 0.2) is 28.6 Å². The number of rotatable bonds is 2. The summed E-state index contributed by atoms with van der Waals surface area (Å²) in [6.45, 7) is 0.856. The highest BCUT2D eigenvalue weighted by molar-refractivity contribution is 7.91. The summed E-state index contributed by atoms with van der Waals surface area (Å²) in [5.74, 6) is 0. The van der Waals surface area contributed by atoms with Crippen LogP contribution in [0, 0.1) is 0 Å². The van der Waals surface area contributed by atoms with Crippen molar-refractivity contribution in [2.45, 2.75) is 23.7 Å². The number of nitrogens with two attached hydrogens (primary N) is 1. The van der Waals surface area contributed by atoms with Gasteiger partial charge >= 0.3 is 0 Å². The zero-order valence-electron chi connectivity index (χ0n) is 10.7. The maximum Gasteiger partial charge on any atom is 0.272 e. The van der Waals surface area contributed by atoms with Crippen LogP contribution in [-0.2, 0) is 23.0 Å². The first-order valence-electron chi connectivity index (χ1n) is 6.23. The predicted octanol–water partition coefficient (Wildman–Crippen LogP) is 1.26. The van der Waals surface area contributed by atoms with Gasteiger partial charge in [0.1, 0.15) is 0 Å². The van der Waals surface area contributed by atoms with E-state index in [0.717, 1.165) is 29.7 Å². The zero-order chi connectivity index (χ0) is 14.2. The standard InChI is InChI=1S/C12H14N4O2S2/c13-11-14-15-12(19-11)20(17,18)16-7-3-6-9-4-1-2-5-10(9)8-16/h1-2,4-5H,3,6-8H2,(H2,13,14). The Hall–Kier alpha value is -1.51. The molecule has 0 aliphatic carbocycles. The van der Waals surface area contributed by atoms with Gasteiger partial charge in [0.2, 0.25) is 9.47 Å². The van der Waals surface area contributed by atoms with Gasteiger partial charge in [-0.3, -0.25) is 0 Å². The van der Waals surface area contributed by atoms with Gasteiger partial charge in [0.25, 0.3) is 10.0 Å². The molecule has 8 heteroatoms. The van der Waals surface area contributed by atoms with E-state index in [-0.39, 0.29) is 9.47 Å². The Labute approximate surface area is 121 Å². The van der Waals surface area contributed by atoms with Crippen molar-refractivity contribution in [1.82, 2.24) is 14.5 Å². The molecule has 0 amide bonds. The summed E-state index contributed by atoms with van der Waals surface area (Å²) in [7, 11) is -3.61. The van der Waals surface area contributed by atoms with E-state index in [9.17, 15) is 8.42 Å². The molecule has 0 radical (unpaired) electrons. The Kier molecular flexibility index (Phi) is 3.45. The van der Waals surface area contributed by atoms with Crippen molar-refractivity contribution >= 4 is 26.5 Å². The summed E-state index contributed by atoms with van der Waals surface area (Å²) in [6.07, 6.45) is 1.69. The summed E-state index contributed by atoms with van der Waals surface area (Å²) in [4.78, 5) is 0. The minimum absolute atomic E-state index is 0.0330. The quantitative estimate of drug-likeness (QED) is 0.902. The van der Waals surface area contributed by atoms with E-state index in [1.54, 1.807) is 0 Å². The van der Waals surface area contributed by atoms with E-state index in [1.807, 2.05) is 24.3 Å². The molecule has 2 heterocycles. The topological polar surface area (TPSA) is 89.2 Å². The van der Waals surface area contributed by atoms with Gasteiger partial charge in [0.05, 0.1) is 0 Å². The second kappa shape index (κ2) is 5.12. The van der Waals surface area contributed by atoms with Gasteiger partial charge in [0.15, 0.2) is 0 Å². The number of hydrogen-bond donors (Lipinski definition) is 1. The normalized spacial score (nSPS) is 16.6. The molecule has 106 valence electrons. The third-order valence-corrected chi connectivity index (χ3v) is 6.24. The van der Waals surface area contributed by atoms with Crippen molar-refractivity contribution in [2.24, 2.45) is 0 Å². The third kappa shape index (κ3) is 2.41. The van der Waals surface area contributed by atoms with Crippen molar-refractivity contribution < 1.29 is 8.42 Å². The average Bonchev–Trinajstić information content (AvgIpc) is 2.75. The third-order valence-electron chi connectivity index (χ3n) is 3.30. The fourth-order valence-electron chi connectivity index (χ4n) is 2.31. The maximum atomic E-state index is 12.5. The van der Waals surface area contributed by atoms with E-state index < -0.39 is 10.0 Å². The molecule has 0 bridgehead atoms. The molecule has 20 heavy (non-hydrogen) atoms. The molecule has 2 aromatic rings. The lowest BCUT2D eigenvalue weighted by molar-refractivity contribution is 0.409. The lowest BCUT2D eigenvalue weighted by Crippen LogP contribution is -2.30. The number of sulfonamides is 1. The smallest absolute Gasteiger partial charge is 0.272 e. The fraction of sp³-hybridized carbons (Fsp3) is 0.333. The molecule has 0 saturated carbocycles. The van der Waals surface area contributed by atoms with Crippen LogP contribution in [0.3, 0.4) is 0 Å². The van der Waals surface area contributed by atoms with Gasteiger partial charge in [0, 0.05) is 13.1 Å². The Bertz CT molecular complexity index is 727. The molecule has 1 aromatic heterocycles. The lowest BCUT2D eigenvalue weighted by Gasteiger charge is -2.18. The van der Waals surface area contributed by atoms with E-state index in [2.05, 4.69) is 10.2 Å². The molecule has 0 atom stereocenters. The van der Waals surface area contributed by atoms with Gasteiger partial charge in [-0.15, -0.1) is 10.2 Å². The fourth-order valence-corrected chi connectivity index (χ4v) is 4.69. The van der Waals surface area contributed by atoms with Crippen LogP contribution in [0.4, 0.5) is 5.13 Å². The number of fused-ring (bicyclic) bond motifs is 1. The van der Waals surface area contributed by atoms with Crippen LogP contribution in [-0.4, -0.2) is 29.5 Å². The number of nitrogens with zero attached hydrogens (tertiary/aromatic N) is 3. The van der Waals surface area contributed by atoms with E-state index >= 15 is 0 Å². The highest BCUT2D eigenvalue weighted by atomic mass is 32.2. The molecule has 0 saturated heterocycles. The minimum atomic E-state index is -3.61. The first-order valence-corrected chi connectivity index (χ1v) is 8.49. The molecule has 2 N–H and O–H groups in total. The van der Waals surface area contributed by atoms with Crippen LogP contribution in [0.1, 0.15) is 17.5 Å². The summed E-state index contributed by atoms with van der Waals surface area (Å²) in [6, 6.07) is 7.93. The molecule has 0 spiro atoms. The van der Waals surface area contributed by atoms with Crippen molar-refractivity contribution in [3.8, 4) is 0 Å². The Balaban J connectivity index is 1.95. The SMILES string of the molecule is Nc1nnc(S(=O)(=O)N2CCCc3ccccc3C2)s1. The van der Waals surface area contributed by atoms with Crippen LogP contribution in [0.25, 0.3) is 0 Å². The Morgan fingerprint density at radius 1 is 1.20 bits per heavy atom. The van der Waals surface area contributed by atoms with E-state index in [1.165, 1.54) is 9.87 Å². The summed E-state index contributed by atoms with van der Waals surface area (Å²) < 4.78 is 26.5. The van der Waals surface area contributed by atoms with Crippen LogP contribution in [0.2, 0.25) is 0 Å². The van der Waals surface area contributed by atoms with Crippen LogP contribution in [0.5, 0.6) is 0 Å². The summed E-state index contributed by atoms with van der Waals surface area (Å²) >= 11 is 0.902. The molecule has 0 fully saturated rings. The average molecular weight is 310 g/mol. The molecule has 1 aliphatic heterocycles. The van der Waals surface area contributed by atoms with Crippen molar-refractivity contribution in [1.29, 1.82) is 0 Å². The zero-order valence-corrected chi connectivity index (χ0v) is 12.3. The van der Waals surface area contributed by atoms with Gasteiger partial charge in [-0.25, -0.2) is 8.42 Å². The van der Waals surface area contributed by atoms with Crippen molar-refractivity contribution in [3.63, 3.8) is 0 Å². The van der Waals surface area contributed by atoms with Gasteiger partial charge in [-0.2, -0.15) is 4.31 Å². The van der Waals surface area contributed by atoms with Crippen molar-refractivity contribution in [2.75, 3.05) is 12.3 Å². The van der Waals surface area contributed by atoms with Crippen molar-refractivity contribution in [3.05, 3.63) is 35.4 Å². The maximum absolute atomic E-state index is 12.5. The minimum Gasteiger partial charge on any atom is -0.374 e. The number of benzene rings is 1. The highest BCUT2D eigenvalue weighted by Gasteiger charge is 2.30. The van der Waals surface area contributed by atoms with Gasteiger partial charge in [-0.1, -0.05) is 35.6 Å². The number of anilines is 1. The molecule has 1 aliphatic rings. The van der Waals surface area contributed by atoms with E-state index in [4.69, 9.17) is 5.73 Å². The number of nitrogen functional groups attached to an aromatic ring is 1. The lowest BCUT2D eigenvalue weighted by atomic mass is 10.0. The molecule has 6 nitrogen and oxygen atoms in total. The molecular weight excluding hydrogens is 296 g/mol. The van der Waals surface area contributed by atoms with Crippen LogP contribution < -0.4 is 5.73 Å². The summed E-state index contributed by atoms with van der Waals surface area (Å²) in [5.41, 5.74) is 7.73. The molecule has 0 unspecified atom stereocenters. The van der Waals surface area contributed by atoms with Crippen LogP contribution >= 0.6 is 11.3 Å². The highest BCUT2D eigenvalue weighted by Crippen LogP contribution is 2.26. The Morgan fingerprint density at radius 3 is 2.65 bits per heavy atom. The first-order chi connectivity index (χ1) is 9.57. The molecular formula is C12H14N4O2S2. The summed E-state index contributed by atoms with van der Waals surface area (Å²) in [5, 5.41) is 7.41.